The molecule has 2 heterocycles. The minimum absolute atomic E-state index is 0.206. The maximum Gasteiger partial charge on any atom is 0.231 e. The first-order valence-corrected chi connectivity index (χ1v) is 8.34. The van der Waals surface area contributed by atoms with Crippen LogP contribution in [0.1, 0.15) is 0 Å². The maximum absolute atomic E-state index is 13.0. The summed E-state index contributed by atoms with van der Waals surface area (Å²) in [6.45, 7) is -0.0409. The smallest absolute Gasteiger partial charge is 0.231 e. The van der Waals surface area contributed by atoms with Gasteiger partial charge in [-0.2, -0.15) is 5.10 Å². The Morgan fingerprint density at radius 1 is 1.04 bits per heavy atom. The molecule has 0 saturated heterocycles. The van der Waals surface area contributed by atoms with Crippen LogP contribution in [0.3, 0.4) is 0 Å². The highest BCUT2D eigenvalue weighted by molar-refractivity contribution is 9.10. The first kappa shape index (κ1) is 15.2. The Kier molecular flexibility index (Phi) is 3.98. The number of hydrogen-bond donors (Lipinski definition) is 0. The monoisotopic (exact) mass is 388 g/mol. The Morgan fingerprint density at radius 3 is 2.75 bits per heavy atom. The number of ether oxygens (including phenoxy) is 2. The van der Waals surface area contributed by atoms with E-state index in [9.17, 15) is 4.39 Å². The average Bonchev–Trinajstić information content (AvgIpc) is 3.21. The largest absolute Gasteiger partial charge is 0.454 e. The molecule has 0 saturated carbocycles. The van der Waals surface area contributed by atoms with Gasteiger partial charge in [-0.15, -0.1) is 0 Å². The van der Waals surface area contributed by atoms with E-state index in [0.29, 0.717) is 5.75 Å². The van der Waals surface area contributed by atoms with Crippen LogP contribution in [0.2, 0.25) is 0 Å². The lowest BCUT2D eigenvalue weighted by Crippen LogP contribution is -2.03. The van der Waals surface area contributed by atoms with Gasteiger partial charge in [0.2, 0.25) is 6.79 Å². The fraction of sp³-hybridized carbons (Fsp3) is 0.167. The first-order chi connectivity index (χ1) is 11.7. The van der Waals surface area contributed by atoms with Gasteiger partial charge in [-0.05, 0) is 36.4 Å². The molecule has 1 aromatic heterocycles. The van der Waals surface area contributed by atoms with E-state index in [1.165, 1.54) is 0 Å². The molecule has 0 fully saturated rings. The topological polar surface area (TPSA) is 36.3 Å². The fourth-order valence-corrected chi connectivity index (χ4v) is 3.14. The van der Waals surface area contributed by atoms with E-state index in [2.05, 4.69) is 21.0 Å². The number of halogens is 2. The Hall–Kier alpha value is -2.34. The van der Waals surface area contributed by atoms with Gasteiger partial charge in [0.05, 0.1) is 17.9 Å². The molecule has 4 nitrogen and oxygen atoms in total. The number of hydrogen-bond acceptors (Lipinski definition) is 3. The molecule has 6 heteroatoms. The molecule has 1 aliphatic rings. The number of aromatic nitrogens is 2. The summed E-state index contributed by atoms with van der Waals surface area (Å²) in [4.78, 5) is 0. The van der Waals surface area contributed by atoms with Crippen LogP contribution in [-0.4, -0.2) is 23.2 Å². The van der Waals surface area contributed by atoms with Gasteiger partial charge < -0.3 is 9.47 Å². The summed E-state index contributed by atoms with van der Waals surface area (Å²) < 4.78 is 26.4. The number of benzene rings is 2. The summed E-state index contributed by atoms with van der Waals surface area (Å²) in [6, 6.07) is 15.6. The first-order valence-electron chi connectivity index (χ1n) is 7.54. The molecule has 0 radical (unpaired) electrons. The third-order valence-corrected chi connectivity index (χ3v) is 4.36. The Bertz CT molecular complexity index is 894. The Labute approximate surface area is 147 Å². The van der Waals surface area contributed by atoms with Crippen molar-refractivity contribution < 1.29 is 13.9 Å². The van der Waals surface area contributed by atoms with Crippen LogP contribution in [0.25, 0.3) is 22.5 Å². The molecule has 0 N–H and O–H groups in total. The van der Waals surface area contributed by atoms with E-state index in [-0.39, 0.29) is 13.3 Å². The molecular formula is C18H14BrFN2O2. The maximum atomic E-state index is 13.0. The van der Waals surface area contributed by atoms with Crippen LogP contribution in [0.5, 0.6) is 11.5 Å². The van der Waals surface area contributed by atoms with Gasteiger partial charge in [0.25, 0.3) is 0 Å². The Balaban J connectivity index is 1.79. The molecular weight excluding hydrogens is 375 g/mol. The second-order valence-electron chi connectivity index (χ2n) is 5.41. The molecule has 4 rings (SSSR count). The number of alkyl halides is 1. The lowest BCUT2D eigenvalue weighted by molar-refractivity contribution is 0.174. The average molecular weight is 389 g/mol. The van der Waals surface area contributed by atoms with Crippen LogP contribution in [0.15, 0.2) is 53.0 Å². The Morgan fingerprint density at radius 2 is 1.92 bits per heavy atom. The van der Waals surface area contributed by atoms with Crippen LogP contribution in [-0.2, 0) is 6.54 Å². The number of fused-ring (bicyclic) bond motifs is 1. The van der Waals surface area contributed by atoms with E-state index >= 15 is 0 Å². The zero-order valence-corrected chi connectivity index (χ0v) is 14.3. The lowest BCUT2D eigenvalue weighted by Gasteiger charge is -2.06. The molecule has 122 valence electrons. The van der Waals surface area contributed by atoms with Crippen LogP contribution >= 0.6 is 15.9 Å². The molecule has 1 aliphatic heterocycles. The van der Waals surface area contributed by atoms with Gasteiger partial charge in [-0.25, -0.2) is 4.39 Å². The minimum atomic E-state index is -0.475. The zero-order valence-electron chi connectivity index (χ0n) is 12.7. The summed E-state index contributed by atoms with van der Waals surface area (Å²) in [7, 11) is 0. The van der Waals surface area contributed by atoms with E-state index in [1.807, 2.05) is 48.5 Å². The molecule has 24 heavy (non-hydrogen) atoms. The molecule has 0 amide bonds. The van der Waals surface area contributed by atoms with Crippen LogP contribution in [0.4, 0.5) is 4.39 Å². The summed E-state index contributed by atoms with van der Waals surface area (Å²) >= 11 is 3.47. The highest BCUT2D eigenvalue weighted by atomic mass is 79.9. The van der Waals surface area contributed by atoms with Crippen molar-refractivity contribution in [3.63, 3.8) is 0 Å². The van der Waals surface area contributed by atoms with Crippen molar-refractivity contribution in [2.45, 2.75) is 6.54 Å². The zero-order chi connectivity index (χ0) is 16.5. The van der Waals surface area contributed by atoms with Crippen molar-refractivity contribution in [1.29, 1.82) is 0 Å². The predicted octanol–water partition coefficient (Wildman–Crippen LogP) is 4.68. The van der Waals surface area contributed by atoms with Crippen molar-refractivity contribution >= 4 is 15.9 Å². The second kappa shape index (κ2) is 6.28. The normalized spacial score (nSPS) is 12.6. The molecule has 3 aromatic rings. The van der Waals surface area contributed by atoms with E-state index in [1.54, 1.807) is 4.68 Å². The molecule has 0 spiro atoms. The lowest BCUT2D eigenvalue weighted by atomic mass is 10.1. The summed E-state index contributed by atoms with van der Waals surface area (Å²) in [5, 5.41) is 4.56. The van der Waals surface area contributed by atoms with Gasteiger partial charge in [0.1, 0.15) is 6.67 Å². The van der Waals surface area contributed by atoms with E-state index in [4.69, 9.17) is 9.47 Å². The third kappa shape index (κ3) is 2.78. The summed E-state index contributed by atoms with van der Waals surface area (Å²) in [5.74, 6) is 1.42. The minimum Gasteiger partial charge on any atom is -0.454 e. The van der Waals surface area contributed by atoms with Crippen LogP contribution in [0, 0.1) is 0 Å². The van der Waals surface area contributed by atoms with Crippen molar-refractivity contribution in [2.75, 3.05) is 13.5 Å². The van der Waals surface area contributed by atoms with Gasteiger partial charge in [0.15, 0.2) is 11.5 Å². The molecule has 0 atom stereocenters. The number of nitrogens with zero attached hydrogens (tertiary/aromatic N) is 2. The number of aryl methyl sites for hydroxylation is 1. The quantitative estimate of drug-likeness (QED) is 0.650. The fourth-order valence-electron chi connectivity index (χ4n) is 2.74. The van der Waals surface area contributed by atoms with Gasteiger partial charge in [0, 0.05) is 15.6 Å². The molecule has 0 aliphatic carbocycles. The van der Waals surface area contributed by atoms with Crippen LogP contribution < -0.4 is 9.47 Å². The SMILES string of the molecule is FCCn1nc(-c2cccc(Br)c2)cc1-c1ccc2c(c1)OCO2. The number of rotatable bonds is 4. The van der Waals surface area contributed by atoms with E-state index in [0.717, 1.165) is 32.7 Å². The van der Waals surface area contributed by atoms with Crippen molar-refractivity contribution in [3.05, 3.63) is 53.0 Å². The summed E-state index contributed by atoms with van der Waals surface area (Å²) in [6.07, 6.45) is 0. The molecule has 0 bridgehead atoms. The predicted molar refractivity (Wildman–Crippen MR) is 92.9 cm³/mol. The van der Waals surface area contributed by atoms with Crippen molar-refractivity contribution in [3.8, 4) is 34.0 Å². The molecule has 2 aromatic carbocycles. The van der Waals surface area contributed by atoms with Crippen molar-refractivity contribution in [2.24, 2.45) is 0 Å². The second-order valence-corrected chi connectivity index (χ2v) is 6.32. The third-order valence-electron chi connectivity index (χ3n) is 3.86. The van der Waals surface area contributed by atoms with Gasteiger partial charge in [-0.1, -0.05) is 28.1 Å². The van der Waals surface area contributed by atoms with Gasteiger partial charge >= 0.3 is 0 Å². The van der Waals surface area contributed by atoms with Crippen molar-refractivity contribution in [1.82, 2.24) is 9.78 Å². The van der Waals surface area contributed by atoms with Gasteiger partial charge in [-0.3, -0.25) is 4.68 Å². The highest BCUT2D eigenvalue weighted by Crippen LogP contribution is 2.37. The molecule has 0 unspecified atom stereocenters. The summed E-state index contributed by atoms with van der Waals surface area (Å²) in [5.41, 5.74) is 3.55. The highest BCUT2D eigenvalue weighted by Gasteiger charge is 2.17. The van der Waals surface area contributed by atoms with E-state index < -0.39 is 6.67 Å². The standard InChI is InChI=1S/C18H14BrFN2O2/c19-14-3-1-2-12(8-14)15-10-16(22(21-15)7-6-20)13-4-5-17-18(9-13)24-11-23-17/h1-5,8-10H,6-7,11H2.